The van der Waals surface area contributed by atoms with E-state index < -0.39 is 0 Å². The van der Waals surface area contributed by atoms with Gasteiger partial charge in [0.05, 0.1) is 0 Å². The molecule has 1 aromatic rings. The van der Waals surface area contributed by atoms with Crippen molar-refractivity contribution in [1.29, 1.82) is 0 Å². The first-order valence-electron chi connectivity index (χ1n) is 6.92. The predicted octanol–water partition coefficient (Wildman–Crippen LogP) is 2.02. The van der Waals surface area contributed by atoms with Crippen LogP contribution in [0.5, 0.6) is 0 Å². The zero-order chi connectivity index (χ0) is 13.5. The van der Waals surface area contributed by atoms with Crippen molar-refractivity contribution in [2.24, 2.45) is 0 Å². The maximum absolute atomic E-state index is 4.28. The summed E-state index contributed by atoms with van der Waals surface area (Å²) in [6.45, 7) is 4.39. The molecule has 0 bridgehead atoms. The number of nitrogens with one attached hydrogen (secondary N) is 3. The molecule has 2 rings (SSSR count). The van der Waals surface area contributed by atoms with E-state index in [0.29, 0.717) is 18.6 Å². The molecule has 0 saturated heterocycles. The average molecular weight is 261 g/mol. The summed E-state index contributed by atoms with van der Waals surface area (Å²) in [6, 6.07) is 3.15. The second kappa shape index (κ2) is 7.09. The van der Waals surface area contributed by atoms with Crippen LogP contribution >= 0.6 is 0 Å². The van der Waals surface area contributed by atoms with Crippen LogP contribution in [0, 0.1) is 0 Å². The van der Waals surface area contributed by atoms with E-state index in [1.807, 2.05) is 19.2 Å². The number of hydrogen-bond acceptors (Lipinski definition) is 5. The van der Waals surface area contributed by atoms with Gasteiger partial charge in [-0.15, -0.1) is 6.58 Å². The van der Waals surface area contributed by atoms with Gasteiger partial charge in [-0.25, -0.2) is 9.97 Å². The minimum absolute atomic E-state index is 0.520. The molecule has 1 heterocycles. The molecule has 1 aliphatic rings. The molecule has 0 spiro atoms. The Kier molecular flexibility index (Phi) is 5.15. The zero-order valence-electron chi connectivity index (χ0n) is 11.5. The summed E-state index contributed by atoms with van der Waals surface area (Å²) in [5, 5.41) is 10.0. The Morgan fingerprint density at radius 3 is 2.58 bits per heavy atom. The standard InChI is InChI=1S/C14H23N5/c1-3-8-16-13-9-14(18-10-17-13)19-12-6-4-11(15-2)5-7-12/h3,9-12,15H,1,4-8H2,2H3,(H2,16,17,18,19). The summed E-state index contributed by atoms with van der Waals surface area (Å²) in [5.74, 6) is 1.73. The van der Waals surface area contributed by atoms with Gasteiger partial charge >= 0.3 is 0 Å². The van der Waals surface area contributed by atoms with Crippen molar-refractivity contribution < 1.29 is 0 Å². The van der Waals surface area contributed by atoms with E-state index in [0.717, 1.165) is 11.6 Å². The first-order valence-corrected chi connectivity index (χ1v) is 6.92. The zero-order valence-corrected chi connectivity index (χ0v) is 11.5. The molecule has 1 aliphatic carbocycles. The van der Waals surface area contributed by atoms with Crippen LogP contribution in [0.25, 0.3) is 0 Å². The van der Waals surface area contributed by atoms with Crippen molar-refractivity contribution in [2.45, 2.75) is 37.8 Å². The molecule has 5 heteroatoms. The van der Waals surface area contributed by atoms with E-state index in [1.165, 1.54) is 25.7 Å². The minimum atomic E-state index is 0.520. The maximum Gasteiger partial charge on any atom is 0.131 e. The number of nitrogens with zero attached hydrogens (tertiary/aromatic N) is 2. The molecular formula is C14H23N5. The van der Waals surface area contributed by atoms with Gasteiger partial charge in [0.25, 0.3) is 0 Å². The largest absolute Gasteiger partial charge is 0.367 e. The van der Waals surface area contributed by atoms with Crippen molar-refractivity contribution >= 4 is 11.6 Å². The normalized spacial score (nSPS) is 22.8. The smallest absolute Gasteiger partial charge is 0.131 e. The second-order valence-corrected chi connectivity index (χ2v) is 4.94. The van der Waals surface area contributed by atoms with E-state index in [-0.39, 0.29) is 0 Å². The monoisotopic (exact) mass is 261 g/mol. The molecule has 1 fully saturated rings. The quantitative estimate of drug-likeness (QED) is 0.684. The summed E-state index contributed by atoms with van der Waals surface area (Å²) in [4.78, 5) is 8.45. The lowest BCUT2D eigenvalue weighted by Gasteiger charge is -2.29. The Balaban J connectivity index is 1.87. The average Bonchev–Trinajstić information content (AvgIpc) is 2.46. The van der Waals surface area contributed by atoms with Gasteiger partial charge in [-0.2, -0.15) is 0 Å². The van der Waals surface area contributed by atoms with Gasteiger partial charge in [0.15, 0.2) is 0 Å². The van der Waals surface area contributed by atoms with E-state index in [4.69, 9.17) is 0 Å². The highest BCUT2D eigenvalue weighted by molar-refractivity contribution is 5.47. The summed E-state index contributed by atoms with van der Waals surface area (Å²) in [7, 11) is 2.04. The van der Waals surface area contributed by atoms with Crippen LogP contribution < -0.4 is 16.0 Å². The Morgan fingerprint density at radius 2 is 1.89 bits per heavy atom. The van der Waals surface area contributed by atoms with Crippen LogP contribution in [0.4, 0.5) is 11.6 Å². The first kappa shape index (κ1) is 13.8. The van der Waals surface area contributed by atoms with Crippen molar-refractivity contribution in [1.82, 2.24) is 15.3 Å². The van der Waals surface area contributed by atoms with Gasteiger partial charge in [-0.1, -0.05) is 6.08 Å². The predicted molar refractivity (Wildman–Crippen MR) is 79.4 cm³/mol. The highest BCUT2D eigenvalue weighted by Crippen LogP contribution is 2.21. The number of anilines is 2. The Morgan fingerprint density at radius 1 is 1.21 bits per heavy atom. The second-order valence-electron chi connectivity index (χ2n) is 4.94. The van der Waals surface area contributed by atoms with Gasteiger partial charge in [0.2, 0.25) is 0 Å². The first-order chi connectivity index (χ1) is 9.31. The summed E-state index contributed by atoms with van der Waals surface area (Å²) in [5.41, 5.74) is 0. The third-order valence-corrected chi connectivity index (χ3v) is 3.58. The van der Waals surface area contributed by atoms with Crippen LogP contribution in [0.3, 0.4) is 0 Å². The third kappa shape index (κ3) is 4.21. The molecule has 104 valence electrons. The summed E-state index contributed by atoms with van der Waals surface area (Å²) >= 11 is 0. The maximum atomic E-state index is 4.28. The van der Waals surface area contributed by atoms with Gasteiger partial charge in [-0.05, 0) is 32.7 Å². The van der Waals surface area contributed by atoms with Crippen LogP contribution in [0.15, 0.2) is 25.0 Å². The van der Waals surface area contributed by atoms with Crippen molar-refractivity contribution in [3.63, 3.8) is 0 Å². The van der Waals surface area contributed by atoms with Crippen LogP contribution in [0.1, 0.15) is 25.7 Å². The molecule has 5 nitrogen and oxygen atoms in total. The summed E-state index contributed by atoms with van der Waals surface area (Å²) < 4.78 is 0. The van der Waals surface area contributed by atoms with Gasteiger partial charge in [0.1, 0.15) is 18.0 Å². The Hall–Kier alpha value is -1.62. The lowest BCUT2D eigenvalue weighted by molar-refractivity contribution is 0.371. The van der Waals surface area contributed by atoms with Crippen LogP contribution in [-0.2, 0) is 0 Å². The highest BCUT2D eigenvalue weighted by Gasteiger charge is 2.19. The van der Waals surface area contributed by atoms with E-state index in [9.17, 15) is 0 Å². The third-order valence-electron chi connectivity index (χ3n) is 3.58. The molecular weight excluding hydrogens is 238 g/mol. The number of rotatable bonds is 6. The molecule has 0 unspecified atom stereocenters. The van der Waals surface area contributed by atoms with Crippen LogP contribution in [0.2, 0.25) is 0 Å². The van der Waals surface area contributed by atoms with E-state index in [1.54, 1.807) is 6.33 Å². The van der Waals surface area contributed by atoms with E-state index >= 15 is 0 Å². The van der Waals surface area contributed by atoms with Crippen LogP contribution in [-0.4, -0.2) is 35.6 Å². The summed E-state index contributed by atoms with van der Waals surface area (Å²) in [6.07, 6.45) is 8.22. The highest BCUT2D eigenvalue weighted by atomic mass is 15.1. The minimum Gasteiger partial charge on any atom is -0.367 e. The lowest BCUT2D eigenvalue weighted by atomic mass is 9.91. The molecule has 0 radical (unpaired) electrons. The molecule has 0 atom stereocenters. The molecule has 1 aromatic heterocycles. The van der Waals surface area contributed by atoms with E-state index in [2.05, 4.69) is 32.5 Å². The molecule has 0 amide bonds. The Labute approximate surface area is 114 Å². The van der Waals surface area contributed by atoms with Gasteiger partial charge in [-0.3, -0.25) is 0 Å². The fraction of sp³-hybridized carbons (Fsp3) is 0.571. The number of aromatic nitrogens is 2. The van der Waals surface area contributed by atoms with Gasteiger partial charge in [0, 0.05) is 24.7 Å². The molecule has 3 N–H and O–H groups in total. The fourth-order valence-corrected chi connectivity index (χ4v) is 2.45. The molecule has 0 aliphatic heterocycles. The van der Waals surface area contributed by atoms with Crippen molar-refractivity contribution in [2.75, 3.05) is 24.2 Å². The molecule has 19 heavy (non-hydrogen) atoms. The molecule has 0 aromatic carbocycles. The number of hydrogen-bond donors (Lipinski definition) is 3. The van der Waals surface area contributed by atoms with Crippen molar-refractivity contribution in [3.05, 3.63) is 25.0 Å². The van der Waals surface area contributed by atoms with Gasteiger partial charge < -0.3 is 16.0 Å². The SMILES string of the molecule is C=CCNc1cc(NC2CCC(NC)CC2)ncn1. The lowest BCUT2D eigenvalue weighted by Crippen LogP contribution is -2.35. The van der Waals surface area contributed by atoms with Crippen molar-refractivity contribution in [3.8, 4) is 0 Å². The molecule has 1 saturated carbocycles. The Bertz CT molecular complexity index is 399. The fourth-order valence-electron chi connectivity index (χ4n) is 2.45. The topological polar surface area (TPSA) is 61.9 Å².